The Balaban J connectivity index is 2.02. The average molecular weight is 269 g/mol. The predicted octanol–water partition coefficient (Wildman–Crippen LogP) is 1.56. The second-order valence-corrected chi connectivity index (χ2v) is 4.04. The topological polar surface area (TPSA) is 96.0 Å². The minimum atomic E-state index is -1.37. The third-order valence-corrected chi connectivity index (χ3v) is 2.59. The van der Waals surface area contributed by atoms with E-state index in [2.05, 4.69) is 10.3 Å². The fourth-order valence-electron chi connectivity index (χ4n) is 1.61. The Hall–Kier alpha value is -2.94. The van der Waals surface area contributed by atoms with E-state index in [-0.39, 0.29) is 6.42 Å². The molecule has 0 fully saturated rings. The quantitative estimate of drug-likeness (QED) is 0.831. The van der Waals surface area contributed by atoms with E-state index in [0.717, 1.165) is 0 Å². The summed E-state index contributed by atoms with van der Waals surface area (Å²) in [4.78, 5) is 27.7. The van der Waals surface area contributed by atoms with E-state index >= 15 is 0 Å². The summed E-state index contributed by atoms with van der Waals surface area (Å²) in [7, 11) is 0. The molecule has 0 saturated heterocycles. The van der Waals surface area contributed by atoms with Gasteiger partial charge in [-0.3, -0.25) is 9.59 Å². The molecular formula is C14H11N3O3. The number of pyridine rings is 1. The van der Waals surface area contributed by atoms with Crippen molar-refractivity contribution >= 4 is 17.5 Å². The molecule has 0 radical (unpaired) electrons. The molecule has 2 aromatic heterocycles. The van der Waals surface area contributed by atoms with Crippen molar-refractivity contribution in [3.63, 3.8) is 0 Å². The molecule has 0 unspecified atom stereocenters. The number of hydrogen-bond donors (Lipinski definition) is 1. The highest BCUT2D eigenvalue weighted by molar-refractivity contribution is 6.09. The Labute approximate surface area is 115 Å². The lowest BCUT2D eigenvalue weighted by Gasteiger charge is -2.08. The van der Waals surface area contributed by atoms with Crippen molar-refractivity contribution in [2.75, 3.05) is 5.32 Å². The van der Waals surface area contributed by atoms with Gasteiger partial charge in [-0.1, -0.05) is 6.07 Å². The van der Waals surface area contributed by atoms with E-state index in [9.17, 15) is 9.59 Å². The van der Waals surface area contributed by atoms with Gasteiger partial charge in [0.2, 0.25) is 0 Å². The molecule has 0 aliphatic heterocycles. The monoisotopic (exact) mass is 269 g/mol. The van der Waals surface area contributed by atoms with Gasteiger partial charge in [0, 0.05) is 12.6 Å². The van der Waals surface area contributed by atoms with Crippen LogP contribution in [0.15, 0.2) is 47.4 Å². The number of carbonyl (C=O) groups is 2. The Bertz CT molecular complexity index is 629. The number of nitrogens with zero attached hydrogens (tertiary/aromatic N) is 2. The van der Waals surface area contributed by atoms with Crippen LogP contribution in [-0.4, -0.2) is 16.7 Å². The summed E-state index contributed by atoms with van der Waals surface area (Å²) in [6, 6.07) is 8.29. The maximum atomic E-state index is 11.9. The molecule has 2 rings (SSSR count). The molecule has 1 atom stereocenters. The molecule has 2 aromatic rings. The number of carbonyl (C=O) groups excluding carboxylic acids is 2. The molecule has 2 heterocycles. The standard InChI is InChI=1S/C14H11N3O3/c15-8-11(12(18)7-10-4-6-20-9-10)14(19)17-13-3-1-2-5-16-13/h1-6,9,11H,7H2,(H,16,17,19)/t11-/m1/s1. The Morgan fingerprint density at radius 2 is 2.25 bits per heavy atom. The summed E-state index contributed by atoms with van der Waals surface area (Å²) < 4.78 is 4.84. The molecule has 0 aromatic carbocycles. The van der Waals surface area contributed by atoms with Crippen LogP contribution in [0.2, 0.25) is 0 Å². The van der Waals surface area contributed by atoms with Gasteiger partial charge in [0.05, 0.1) is 18.6 Å². The van der Waals surface area contributed by atoms with Crippen molar-refractivity contribution in [3.05, 3.63) is 48.6 Å². The van der Waals surface area contributed by atoms with Crippen molar-refractivity contribution in [3.8, 4) is 6.07 Å². The summed E-state index contributed by atoms with van der Waals surface area (Å²) in [6.07, 6.45) is 4.32. The number of nitrogens with one attached hydrogen (secondary N) is 1. The van der Waals surface area contributed by atoms with Gasteiger partial charge in [-0.05, 0) is 23.8 Å². The zero-order valence-electron chi connectivity index (χ0n) is 10.4. The molecule has 20 heavy (non-hydrogen) atoms. The zero-order chi connectivity index (χ0) is 14.4. The smallest absolute Gasteiger partial charge is 0.250 e. The first-order valence-corrected chi connectivity index (χ1v) is 5.86. The Kier molecular flexibility index (Phi) is 4.24. The highest BCUT2D eigenvalue weighted by atomic mass is 16.3. The lowest BCUT2D eigenvalue weighted by molar-refractivity contribution is -0.128. The average Bonchev–Trinajstić information content (AvgIpc) is 2.93. The summed E-state index contributed by atoms with van der Waals surface area (Å²) in [5.74, 6) is -2.23. The van der Waals surface area contributed by atoms with E-state index in [1.807, 2.05) is 0 Å². The molecule has 0 spiro atoms. The molecule has 0 saturated carbocycles. The van der Waals surface area contributed by atoms with Crippen molar-refractivity contribution in [2.24, 2.45) is 5.92 Å². The number of furan rings is 1. The van der Waals surface area contributed by atoms with Crippen LogP contribution in [0.3, 0.4) is 0 Å². The van der Waals surface area contributed by atoms with Crippen LogP contribution in [0.4, 0.5) is 5.82 Å². The molecule has 1 amide bonds. The van der Waals surface area contributed by atoms with Gasteiger partial charge in [-0.15, -0.1) is 0 Å². The molecule has 6 nitrogen and oxygen atoms in total. The number of rotatable bonds is 5. The van der Waals surface area contributed by atoms with Crippen LogP contribution in [-0.2, 0) is 16.0 Å². The minimum Gasteiger partial charge on any atom is -0.472 e. The number of hydrogen-bond acceptors (Lipinski definition) is 5. The fourth-order valence-corrected chi connectivity index (χ4v) is 1.61. The van der Waals surface area contributed by atoms with Gasteiger partial charge in [0.1, 0.15) is 5.82 Å². The number of ketones is 1. The summed E-state index contributed by atoms with van der Waals surface area (Å²) in [6.45, 7) is 0. The lowest BCUT2D eigenvalue weighted by atomic mass is 9.99. The van der Waals surface area contributed by atoms with E-state index < -0.39 is 17.6 Å². The third kappa shape index (κ3) is 3.29. The van der Waals surface area contributed by atoms with Crippen LogP contribution in [0.1, 0.15) is 5.56 Å². The van der Waals surface area contributed by atoms with Gasteiger partial charge < -0.3 is 9.73 Å². The van der Waals surface area contributed by atoms with Crippen LogP contribution >= 0.6 is 0 Å². The third-order valence-electron chi connectivity index (χ3n) is 2.59. The van der Waals surface area contributed by atoms with Crippen molar-refractivity contribution < 1.29 is 14.0 Å². The zero-order valence-corrected chi connectivity index (χ0v) is 10.4. The molecule has 0 bridgehead atoms. The summed E-state index contributed by atoms with van der Waals surface area (Å²) in [5.41, 5.74) is 0.626. The predicted molar refractivity (Wildman–Crippen MR) is 69.4 cm³/mol. The summed E-state index contributed by atoms with van der Waals surface area (Å²) in [5, 5.41) is 11.4. The molecule has 100 valence electrons. The number of amides is 1. The number of anilines is 1. The number of nitriles is 1. The van der Waals surface area contributed by atoms with Gasteiger partial charge >= 0.3 is 0 Å². The lowest BCUT2D eigenvalue weighted by Crippen LogP contribution is -2.29. The molecule has 0 aliphatic rings. The fraction of sp³-hybridized carbons (Fsp3) is 0.143. The second-order valence-electron chi connectivity index (χ2n) is 4.04. The van der Waals surface area contributed by atoms with Crippen LogP contribution in [0.25, 0.3) is 0 Å². The first-order valence-electron chi connectivity index (χ1n) is 5.86. The molecular weight excluding hydrogens is 258 g/mol. The molecule has 6 heteroatoms. The summed E-state index contributed by atoms with van der Waals surface area (Å²) >= 11 is 0. The molecule has 0 aliphatic carbocycles. The molecule has 1 N–H and O–H groups in total. The highest BCUT2D eigenvalue weighted by Crippen LogP contribution is 2.09. The normalized spacial score (nSPS) is 11.3. The van der Waals surface area contributed by atoms with E-state index in [1.165, 1.54) is 18.7 Å². The van der Waals surface area contributed by atoms with Crippen LogP contribution < -0.4 is 5.32 Å². The first-order chi connectivity index (χ1) is 9.70. The Morgan fingerprint density at radius 1 is 1.40 bits per heavy atom. The van der Waals surface area contributed by atoms with E-state index in [4.69, 9.17) is 9.68 Å². The minimum absolute atomic E-state index is 0.0234. The van der Waals surface area contributed by atoms with Gasteiger partial charge in [-0.25, -0.2) is 4.98 Å². The van der Waals surface area contributed by atoms with Crippen LogP contribution in [0.5, 0.6) is 0 Å². The Morgan fingerprint density at radius 3 is 2.85 bits per heavy atom. The van der Waals surface area contributed by atoms with Crippen molar-refractivity contribution in [1.82, 2.24) is 4.98 Å². The van der Waals surface area contributed by atoms with Crippen molar-refractivity contribution in [1.29, 1.82) is 5.26 Å². The highest BCUT2D eigenvalue weighted by Gasteiger charge is 2.26. The van der Waals surface area contributed by atoms with Gasteiger partial charge in [-0.2, -0.15) is 5.26 Å². The first kappa shape index (κ1) is 13.5. The van der Waals surface area contributed by atoms with Crippen LogP contribution in [0, 0.1) is 17.2 Å². The SMILES string of the molecule is N#C[C@H](C(=O)Cc1ccoc1)C(=O)Nc1ccccn1. The van der Waals surface area contributed by atoms with Crippen molar-refractivity contribution in [2.45, 2.75) is 6.42 Å². The van der Waals surface area contributed by atoms with Gasteiger partial charge in [0.25, 0.3) is 5.91 Å². The number of aromatic nitrogens is 1. The van der Waals surface area contributed by atoms with Gasteiger partial charge in [0.15, 0.2) is 11.7 Å². The largest absolute Gasteiger partial charge is 0.472 e. The van der Waals surface area contributed by atoms with E-state index in [0.29, 0.717) is 11.4 Å². The maximum absolute atomic E-state index is 11.9. The maximum Gasteiger partial charge on any atom is 0.250 e. The number of Topliss-reactive ketones (excluding diaryl/α,β-unsaturated/α-hetero) is 1. The van der Waals surface area contributed by atoms with E-state index in [1.54, 1.807) is 30.3 Å². The second kappa shape index (κ2) is 6.29.